The maximum absolute atomic E-state index is 12.4. The van der Waals surface area contributed by atoms with Gasteiger partial charge in [-0.15, -0.1) is 0 Å². The van der Waals surface area contributed by atoms with Gasteiger partial charge in [0.2, 0.25) is 10.0 Å². The molecule has 0 heterocycles. The topological polar surface area (TPSA) is 94.2 Å². The van der Waals surface area contributed by atoms with E-state index in [4.69, 9.17) is 14.2 Å². The van der Waals surface area contributed by atoms with Crippen molar-refractivity contribution >= 4 is 21.6 Å². The SMILES string of the molecule is COc1ccccc1OC[C@H](C)NC(=O)[C@@H](C)Oc1ccc(N(C)S(C)(=O)=O)cc1. The van der Waals surface area contributed by atoms with Crippen molar-refractivity contribution < 1.29 is 27.4 Å². The van der Waals surface area contributed by atoms with Crippen LogP contribution in [0.4, 0.5) is 5.69 Å². The monoisotopic (exact) mass is 436 g/mol. The van der Waals surface area contributed by atoms with E-state index in [2.05, 4.69) is 5.32 Å². The highest BCUT2D eigenvalue weighted by Crippen LogP contribution is 2.25. The number of para-hydroxylation sites is 2. The van der Waals surface area contributed by atoms with E-state index in [0.29, 0.717) is 22.9 Å². The Labute approximate surface area is 177 Å². The molecule has 0 fully saturated rings. The fourth-order valence-corrected chi connectivity index (χ4v) is 3.04. The predicted octanol–water partition coefficient (Wildman–Crippen LogP) is 2.44. The van der Waals surface area contributed by atoms with Gasteiger partial charge in [0.25, 0.3) is 5.91 Å². The molecule has 0 saturated carbocycles. The highest BCUT2D eigenvalue weighted by atomic mass is 32.2. The van der Waals surface area contributed by atoms with E-state index in [1.165, 1.54) is 7.05 Å². The lowest BCUT2D eigenvalue weighted by Crippen LogP contribution is -2.43. The summed E-state index contributed by atoms with van der Waals surface area (Å²) in [5.41, 5.74) is 0.504. The van der Waals surface area contributed by atoms with Crippen LogP contribution in [0.3, 0.4) is 0 Å². The Morgan fingerprint density at radius 3 is 2.23 bits per heavy atom. The summed E-state index contributed by atoms with van der Waals surface area (Å²) in [7, 11) is -0.305. The second-order valence-corrected chi connectivity index (χ2v) is 8.87. The first kappa shape index (κ1) is 23.3. The van der Waals surface area contributed by atoms with E-state index in [9.17, 15) is 13.2 Å². The minimum Gasteiger partial charge on any atom is -0.493 e. The third kappa shape index (κ3) is 6.55. The van der Waals surface area contributed by atoms with Crippen LogP contribution in [0.15, 0.2) is 48.5 Å². The summed E-state index contributed by atoms with van der Waals surface area (Å²) in [4.78, 5) is 12.4. The Morgan fingerprint density at radius 1 is 1.07 bits per heavy atom. The van der Waals surface area contributed by atoms with E-state index < -0.39 is 16.1 Å². The number of nitrogens with one attached hydrogen (secondary N) is 1. The first-order valence-electron chi connectivity index (χ1n) is 9.38. The van der Waals surface area contributed by atoms with Gasteiger partial charge in [-0.2, -0.15) is 0 Å². The number of amides is 1. The quantitative estimate of drug-likeness (QED) is 0.615. The van der Waals surface area contributed by atoms with Crippen LogP contribution in [0, 0.1) is 0 Å². The summed E-state index contributed by atoms with van der Waals surface area (Å²) in [5.74, 6) is 1.40. The first-order valence-corrected chi connectivity index (χ1v) is 11.2. The largest absolute Gasteiger partial charge is 0.493 e. The van der Waals surface area contributed by atoms with Gasteiger partial charge in [0, 0.05) is 7.05 Å². The summed E-state index contributed by atoms with van der Waals surface area (Å²) < 4.78 is 41.0. The van der Waals surface area contributed by atoms with Crippen LogP contribution in [0.5, 0.6) is 17.2 Å². The second kappa shape index (κ2) is 10.2. The molecule has 2 rings (SSSR count). The van der Waals surface area contributed by atoms with E-state index in [1.54, 1.807) is 50.4 Å². The van der Waals surface area contributed by atoms with Gasteiger partial charge in [0.1, 0.15) is 12.4 Å². The van der Waals surface area contributed by atoms with Crippen molar-refractivity contribution in [3.05, 3.63) is 48.5 Å². The van der Waals surface area contributed by atoms with Gasteiger partial charge in [-0.3, -0.25) is 9.10 Å². The second-order valence-electron chi connectivity index (χ2n) is 6.86. The zero-order chi connectivity index (χ0) is 22.3. The fourth-order valence-electron chi connectivity index (χ4n) is 2.54. The van der Waals surface area contributed by atoms with E-state index >= 15 is 0 Å². The Kier molecular flexibility index (Phi) is 7.93. The molecule has 0 spiro atoms. The molecule has 0 bridgehead atoms. The van der Waals surface area contributed by atoms with Crippen LogP contribution < -0.4 is 23.8 Å². The van der Waals surface area contributed by atoms with Crippen molar-refractivity contribution in [3.63, 3.8) is 0 Å². The Hall–Kier alpha value is -2.94. The van der Waals surface area contributed by atoms with Crippen molar-refractivity contribution in [3.8, 4) is 17.2 Å². The number of carbonyl (C=O) groups excluding carboxylic acids is 1. The lowest BCUT2D eigenvalue weighted by Gasteiger charge is -2.20. The van der Waals surface area contributed by atoms with Crippen molar-refractivity contribution in [2.75, 3.05) is 31.3 Å². The van der Waals surface area contributed by atoms with Gasteiger partial charge in [0.05, 0.1) is 25.1 Å². The normalized spacial score (nSPS) is 13.1. The van der Waals surface area contributed by atoms with Gasteiger partial charge >= 0.3 is 0 Å². The molecule has 2 aromatic carbocycles. The number of carbonyl (C=O) groups is 1. The predicted molar refractivity (Wildman–Crippen MR) is 116 cm³/mol. The molecule has 2 aromatic rings. The Morgan fingerprint density at radius 2 is 1.67 bits per heavy atom. The average Bonchev–Trinajstić information content (AvgIpc) is 2.71. The maximum Gasteiger partial charge on any atom is 0.261 e. The van der Waals surface area contributed by atoms with Crippen molar-refractivity contribution in [2.45, 2.75) is 26.0 Å². The molecule has 0 unspecified atom stereocenters. The highest BCUT2D eigenvalue weighted by molar-refractivity contribution is 7.92. The van der Waals surface area contributed by atoms with Crippen molar-refractivity contribution in [2.24, 2.45) is 0 Å². The summed E-state index contributed by atoms with van der Waals surface area (Å²) in [6, 6.07) is 13.5. The number of anilines is 1. The molecule has 8 nitrogen and oxygen atoms in total. The summed E-state index contributed by atoms with van der Waals surface area (Å²) in [5, 5.41) is 2.84. The maximum atomic E-state index is 12.4. The molecule has 1 amide bonds. The first-order chi connectivity index (χ1) is 14.1. The van der Waals surface area contributed by atoms with Gasteiger partial charge in [0.15, 0.2) is 17.6 Å². The smallest absolute Gasteiger partial charge is 0.261 e. The van der Waals surface area contributed by atoms with Gasteiger partial charge in [-0.1, -0.05) is 12.1 Å². The molecule has 0 radical (unpaired) electrons. The van der Waals surface area contributed by atoms with Crippen LogP contribution in [0.2, 0.25) is 0 Å². The summed E-state index contributed by atoms with van der Waals surface area (Å²) in [6.07, 6.45) is 0.389. The average molecular weight is 437 g/mol. The van der Waals surface area contributed by atoms with Crippen molar-refractivity contribution in [1.82, 2.24) is 5.32 Å². The van der Waals surface area contributed by atoms with Crippen LogP contribution in [0.25, 0.3) is 0 Å². The minimum atomic E-state index is -3.34. The number of hydrogen-bond donors (Lipinski definition) is 1. The van der Waals surface area contributed by atoms with Gasteiger partial charge < -0.3 is 19.5 Å². The lowest BCUT2D eigenvalue weighted by molar-refractivity contribution is -0.128. The molecule has 164 valence electrons. The van der Waals surface area contributed by atoms with Crippen LogP contribution >= 0.6 is 0 Å². The molecular formula is C21H28N2O6S. The van der Waals surface area contributed by atoms with Crippen LogP contribution in [0.1, 0.15) is 13.8 Å². The molecule has 9 heteroatoms. The molecule has 0 aliphatic heterocycles. The minimum absolute atomic E-state index is 0.251. The van der Waals surface area contributed by atoms with Crippen LogP contribution in [-0.4, -0.2) is 53.5 Å². The number of ether oxygens (including phenoxy) is 3. The number of nitrogens with zero attached hydrogens (tertiary/aromatic N) is 1. The zero-order valence-electron chi connectivity index (χ0n) is 17.8. The third-order valence-corrected chi connectivity index (χ3v) is 5.53. The molecule has 1 N–H and O–H groups in total. The van der Waals surface area contributed by atoms with Crippen molar-refractivity contribution in [1.29, 1.82) is 0 Å². The third-order valence-electron chi connectivity index (χ3n) is 4.33. The number of sulfonamides is 1. The standard InChI is InChI=1S/C21H28N2O6S/c1-15(14-28-20-9-7-6-8-19(20)27-4)22-21(24)16(2)29-18-12-10-17(11-13-18)23(3)30(5,25)26/h6-13,15-16H,14H2,1-5H3,(H,22,24)/t15-,16+/m0/s1. The molecule has 0 saturated heterocycles. The molecule has 30 heavy (non-hydrogen) atoms. The van der Waals surface area contributed by atoms with E-state index in [0.717, 1.165) is 10.6 Å². The fraction of sp³-hybridized carbons (Fsp3) is 0.381. The lowest BCUT2D eigenvalue weighted by atomic mass is 10.2. The molecule has 0 aliphatic carbocycles. The van der Waals surface area contributed by atoms with Gasteiger partial charge in [-0.05, 0) is 50.2 Å². The number of hydrogen-bond acceptors (Lipinski definition) is 6. The number of rotatable bonds is 10. The molecular weight excluding hydrogens is 408 g/mol. The Balaban J connectivity index is 1.86. The summed E-state index contributed by atoms with van der Waals surface area (Å²) in [6.45, 7) is 3.74. The highest BCUT2D eigenvalue weighted by Gasteiger charge is 2.18. The zero-order valence-corrected chi connectivity index (χ0v) is 18.6. The number of methoxy groups -OCH3 is 1. The molecule has 0 aliphatic rings. The van der Waals surface area contributed by atoms with E-state index in [1.807, 2.05) is 19.1 Å². The van der Waals surface area contributed by atoms with Crippen LogP contribution in [-0.2, 0) is 14.8 Å². The van der Waals surface area contributed by atoms with Gasteiger partial charge in [-0.25, -0.2) is 8.42 Å². The number of benzene rings is 2. The summed E-state index contributed by atoms with van der Waals surface area (Å²) >= 11 is 0. The Bertz CT molecular complexity index is 946. The molecule has 2 atom stereocenters. The van der Waals surface area contributed by atoms with E-state index in [-0.39, 0.29) is 18.6 Å². The molecule has 0 aromatic heterocycles.